The number of nitrogens with one attached hydrogen (secondary N) is 4. The topological polar surface area (TPSA) is 135 Å². The van der Waals surface area contributed by atoms with Gasteiger partial charge in [-0.15, -0.1) is 0 Å². The van der Waals surface area contributed by atoms with Crippen molar-refractivity contribution in [3.63, 3.8) is 0 Å². The van der Waals surface area contributed by atoms with Crippen molar-refractivity contribution in [2.24, 2.45) is 0 Å². The number of rotatable bonds is 16. The summed E-state index contributed by atoms with van der Waals surface area (Å²) in [5, 5.41) is 15.6. The predicted molar refractivity (Wildman–Crippen MR) is 227 cm³/mol. The SMILES string of the molecule is O=C(COc1cccc(OCC(=O)N[C@@H](Cc2ccccc2)C(=O)Nc2ccc3ccccc3c2)c1)N[C@@H](Cc1ccccc1)C(=O)Nc1ccc2ccccc2c1. The van der Waals surface area contributed by atoms with Crippen LogP contribution in [0, 0.1) is 0 Å². The summed E-state index contributed by atoms with van der Waals surface area (Å²) in [6.07, 6.45) is 0.545. The Labute approximate surface area is 336 Å². The van der Waals surface area contributed by atoms with Crippen molar-refractivity contribution in [1.29, 1.82) is 0 Å². The average Bonchev–Trinajstić information content (AvgIpc) is 3.25. The van der Waals surface area contributed by atoms with Crippen LogP contribution in [0.2, 0.25) is 0 Å². The average molecular weight is 771 g/mol. The first-order valence-corrected chi connectivity index (χ1v) is 19.0. The van der Waals surface area contributed by atoms with Crippen LogP contribution in [0.3, 0.4) is 0 Å². The summed E-state index contributed by atoms with van der Waals surface area (Å²) in [4.78, 5) is 53.4. The molecule has 0 aliphatic carbocycles. The third kappa shape index (κ3) is 10.9. The number of fused-ring (bicyclic) bond motifs is 2. The zero-order valence-corrected chi connectivity index (χ0v) is 31.6. The van der Waals surface area contributed by atoms with E-state index in [4.69, 9.17) is 9.47 Å². The highest BCUT2D eigenvalue weighted by molar-refractivity contribution is 6.00. The van der Waals surface area contributed by atoms with E-state index in [9.17, 15) is 19.2 Å². The Kier molecular flexibility index (Phi) is 12.7. The normalized spacial score (nSPS) is 11.9. The molecule has 0 radical (unpaired) electrons. The van der Waals surface area contributed by atoms with Crippen LogP contribution in [0.25, 0.3) is 21.5 Å². The Balaban J connectivity index is 0.939. The van der Waals surface area contributed by atoms with E-state index in [1.165, 1.54) is 0 Å². The summed E-state index contributed by atoms with van der Waals surface area (Å²) in [7, 11) is 0. The maximum absolute atomic E-state index is 13.5. The highest BCUT2D eigenvalue weighted by Crippen LogP contribution is 2.22. The number of ether oxygens (including phenoxy) is 2. The lowest BCUT2D eigenvalue weighted by molar-refractivity contribution is -0.127. The molecule has 10 nitrogen and oxygen atoms in total. The van der Waals surface area contributed by atoms with E-state index in [0.29, 0.717) is 22.9 Å². The number of carbonyl (C=O) groups excluding carboxylic acids is 4. The van der Waals surface area contributed by atoms with Crippen molar-refractivity contribution < 1.29 is 28.7 Å². The quantitative estimate of drug-likeness (QED) is 0.0805. The Morgan fingerprint density at radius 3 is 1.24 bits per heavy atom. The lowest BCUT2D eigenvalue weighted by atomic mass is 10.0. The Bertz CT molecular complexity index is 2360. The van der Waals surface area contributed by atoms with Gasteiger partial charge < -0.3 is 30.7 Å². The zero-order chi connectivity index (χ0) is 40.1. The monoisotopic (exact) mass is 770 g/mol. The summed E-state index contributed by atoms with van der Waals surface area (Å²) in [6.45, 7) is -0.738. The summed E-state index contributed by atoms with van der Waals surface area (Å²) < 4.78 is 11.6. The van der Waals surface area contributed by atoms with E-state index < -0.39 is 23.9 Å². The van der Waals surface area contributed by atoms with E-state index in [1.54, 1.807) is 24.3 Å². The maximum atomic E-state index is 13.5. The second-order valence-corrected chi connectivity index (χ2v) is 13.8. The van der Waals surface area contributed by atoms with Gasteiger partial charge in [0.25, 0.3) is 11.8 Å². The van der Waals surface area contributed by atoms with Gasteiger partial charge in [-0.25, -0.2) is 0 Å². The molecule has 7 aromatic rings. The summed E-state index contributed by atoms with van der Waals surface area (Å²) in [5.41, 5.74) is 3.00. The molecular weight excluding hydrogens is 729 g/mol. The second-order valence-electron chi connectivity index (χ2n) is 13.8. The first-order valence-electron chi connectivity index (χ1n) is 19.0. The molecule has 0 bridgehead atoms. The van der Waals surface area contributed by atoms with Gasteiger partial charge in [-0.3, -0.25) is 19.2 Å². The zero-order valence-electron chi connectivity index (χ0n) is 31.6. The Morgan fingerprint density at radius 2 is 0.810 bits per heavy atom. The van der Waals surface area contributed by atoms with Gasteiger partial charge in [0.15, 0.2) is 13.2 Å². The minimum Gasteiger partial charge on any atom is -0.484 e. The minimum absolute atomic E-state index is 0.273. The van der Waals surface area contributed by atoms with Crippen molar-refractivity contribution in [1.82, 2.24) is 10.6 Å². The van der Waals surface area contributed by atoms with Gasteiger partial charge in [-0.1, -0.05) is 127 Å². The number of carbonyl (C=O) groups is 4. The fraction of sp³-hybridized carbons (Fsp3) is 0.125. The van der Waals surface area contributed by atoms with Crippen molar-refractivity contribution in [2.75, 3.05) is 23.8 Å². The highest BCUT2D eigenvalue weighted by atomic mass is 16.5. The molecule has 0 aliphatic heterocycles. The fourth-order valence-electron chi connectivity index (χ4n) is 6.53. The van der Waals surface area contributed by atoms with E-state index >= 15 is 0 Å². The van der Waals surface area contributed by atoms with Crippen LogP contribution in [0.1, 0.15) is 11.1 Å². The summed E-state index contributed by atoms with van der Waals surface area (Å²) in [5.74, 6) is -1.06. The second kappa shape index (κ2) is 18.9. The van der Waals surface area contributed by atoms with Crippen LogP contribution in [0.15, 0.2) is 170 Å². The molecule has 0 saturated heterocycles. The van der Waals surface area contributed by atoms with Crippen LogP contribution < -0.4 is 30.7 Å². The molecule has 0 heterocycles. The minimum atomic E-state index is -0.876. The van der Waals surface area contributed by atoms with E-state index in [2.05, 4.69) is 21.3 Å². The third-order valence-electron chi connectivity index (χ3n) is 9.45. The first-order chi connectivity index (χ1) is 28.3. The van der Waals surface area contributed by atoms with Gasteiger partial charge in [0, 0.05) is 30.3 Å². The molecule has 58 heavy (non-hydrogen) atoms. The molecule has 0 saturated carbocycles. The summed E-state index contributed by atoms with van der Waals surface area (Å²) >= 11 is 0. The molecule has 290 valence electrons. The molecule has 10 heteroatoms. The van der Waals surface area contributed by atoms with Crippen LogP contribution in [-0.2, 0) is 32.0 Å². The van der Waals surface area contributed by atoms with Gasteiger partial charge >= 0.3 is 0 Å². The smallest absolute Gasteiger partial charge is 0.258 e. The van der Waals surface area contributed by atoms with Crippen molar-refractivity contribution >= 4 is 56.5 Å². The molecular formula is C48H42N4O6. The third-order valence-corrected chi connectivity index (χ3v) is 9.45. The van der Waals surface area contributed by atoms with Crippen LogP contribution in [0.5, 0.6) is 11.5 Å². The molecule has 0 aromatic heterocycles. The number of benzene rings is 7. The summed E-state index contributed by atoms with van der Waals surface area (Å²) in [6, 6.07) is 50.7. The number of hydrogen-bond donors (Lipinski definition) is 4. The number of hydrogen-bond acceptors (Lipinski definition) is 6. The van der Waals surface area contributed by atoms with Crippen molar-refractivity contribution in [2.45, 2.75) is 24.9 Å². The van der Waals surface area contributed by atoms with E-state index in [-0.39, 0.29) is 37.9 Å². The first kappa shape index (κ1) is 38.8. The Morgan fingerprint density at radius 1 is 0.414 bits per heavy atom. The van der Waals surface area contributed by atoms with Gasteiger partial charge in [-0.2, -0.15) is 0 Å². The predicted octanol–water partition coefficient (Wildman–Crippen LogP) is 7.48. The van der Waals surface area contributed by atoms with Gasteiger partial charge in [0.2, 0.25) is 11.8 Å². The lowest BCUT2D eigenvalue weighted by Gasteiger charge is -2.19. The highest BCUT2D eigenvalue weighted by Gasteiger charge is 2.24. The van der Waals surface area contributed by atoms with Crippen molar-refractivity contribution in [3.8, 4) is 11.5 Å². The van der Waals surface area contributed by atoms with Crippen LogP contribution in [0.4, 0.5) is 11.4 Å². The van der Waals surface area contributed by atoms with E-state index in [1.807, 2.05) is 146 Å². The van der Waals surface area contributed by atoms with E-state index in [0.717, 1.165) is 32.7 Å². The molecule has 7 aromatic carbocycles. The molecule has 0 aliphatic rings. The molecule has 4 N–H and O–H groups in total. The number of amides is 4. The number of anilines is 2. The Hall–Kier alpha value is -7.46. The standard InChI is InChI=1S/C48H42N4O6/c53-45(51-43(26-33-12-3-1-4-13-33)47(55)49-39-24-22-35-16-7-9-18-37(35)28-39)31-57-41-20-11-21-42(30-41)58-32-46(54)52-44(27-34-14-5-2-6-15-34)48(56)50-40-25-23-36-17-8-10-19-38(36)29-40/h1-25,28-30,43-44H,26-27,31-32H2,(H,49,55)(H,50,56)(H,51,53)(H,52,54)/t43-,44-/m0/s1. The molecule has 7 rings (SSSR count). The molecule has 4 amide bonds. The largest absolute Gasteiger partial charge is 0.484 e. The van der Waals surface area contributed by atoms with Gasteiger partial charge in [0.05, 0.1) is 0 Å². The molecule has 0 fully saturated rings. The van der Waals surface area contributed by atoms with Crippen LogP contribution in [-0.4, -0.2) is 48.9 Å². The maximum Gasteiger partial charge on any atom is 0.258 e. The van der Waals surface area contributed by atoms with Gasteiger partial charge in [-0.05, 0) is 69.1 Å². The van der Waals surface area contributed by atoms with Crippen molar-refractivity contribution in [3.05, 3.63) is 181 Å². The molecule has 0 unspecified atom stereocenters. The molecule has 0 spiro atoms. The van der Waals surface area contributed by atoms with Crippen LogP contribution >= 0.6 is 0 Å². The lowest BCUT2D eigenvalue weighted by Crippen LogP contribution is -2.46. The fourth-order valence-corrected chi connectivity index (χ4v) is 6.53. The molecule has 2 atom stereocenters. The van der Waals surface area contributed by atoms with Gasteiger partial charge in [0.1, 0.15) is 23.6 Å².